The van der Waals surface area contributed by atoms with E-state index in [9.17, 15) is 4.79 Å². The number of rotatable bonds is 3. The van der Waals surface area contributed by atoms with Crippen LogP contribution in [0.3, 0.4) is 0 Å². The molecule has 0 spiro atoms. The van der Waals surface area contributed by atoms with Gasteiger partial charge in [-0.1, -0.05) is 23.7 Å². The van der Waals surface area contributed by atoms with E-state index in [1.165, 1.54) is 25.9 Å². The molecule has 23 heavy (non-hydrogen) atoms. The lowest BCUT2D eigenvalue weighted by Gasteiger charge is -2.42. The Bertz CT molecular complexity index is 518. The molecule has 126 valence electrons. The highest BCUT2D eigenvalue weighted by Gasteiger charge is 2.27. The molecular weight excluding hydrogens is 310 g/mol. The highest BCUT2D eigenvalue weighted by molar-refractivity contribution is 6.30. The second-order valence-electron chi connectivity index (χ2n) is 6.75. The van der Waals surface area contributed by atoms with Gasteiger partial charge in [-0.25, -0.2) is 0 Å². The number of amides is 1. The van der Waals surface area contributed by atoms with Crippen molar-refractivity contribution in [1.82, 2.24) is 14.7 Å². The summed E-state index contributed by atoms with van der Waals surface area (Å²) < 4.78 is 0. The molecule has 1 aromatic carbocycles. The van der Waals surface area contributed by atoms with E-state index < -0.39 is 0 Å². The fourth-order valence-electron chi connectivity index (χ4n) is 3.59. The van der Waals surface area contributed by atoms with Gasteiger partial charge >= 0.3 is 0 Å². The van der Waals surface area contributed by atoms with Crippen LogP contribution in [0.4, 0.5) is 0 Å². The Kier molecular flexibility index (Phi) is 5.57. The van der Waals surface area contributed by atoms with Gasteiger partial charge in [-0.2, -0.15) is 0 Å². The van der Waals surface area contributed by atoms with Gasteiger partial charge in [0.15, 0.2) is 0 Å². The zero-order valence-corrected chi connectivity index (χ0v) is 14.6. The Morgan fingerprint density at radius 2 is 1.65 bits per heavy atom. The summed E-state index contributed by atoms with van der Waals surface area (Å²) >= 11 is 5.89. The minimum Gasteiger partial charge on any atom is -0.340 e. The molecule has 0 unspecified atom stereocenters. The first kappa shape index (κ1) is 16.7. The molecule has 2 fully saturated rings. The number of hydrogen-bond donors (Lipinski definition) is 0. The van der Waals surface area contributed by atoms with Crippen LogP contribution in [0.25, 0.3) is 0 Å². The molecular formula is C18H26ClN3O. The number of likely N-dealkylation sites (tertiary alicyclic amines) is 1. The van der Waals surface area contributed by atoms with Gasteiger partial charge in [0.05, 0.1) is 6.42 Å². The number of carbonyl (C=O) groups is 1. The number of piperazine rings is 1. The summed E-state index contributed by atoms with van der Waals surface area (Å²) in [5, 5.41) is 0.716. The van der Waals surface area contributed by atoms with Crippen molar-refractivity contribution in [2.24, 2.45) is 0 Å². The van der Waals surface area contributed by atoms with Gasteiger partial charge in [-0.15, -0.1) is 0 Å². The van der Waals surface area contributed by atoms with E-state index in [1.54, 1.807) is 0 Å². The van der Waals surface area contributed by atoms with E-state index in [4.69, 9.17) is 11.6 Å². The number of benzene rings is 1. The molecule has 3 rings (SSSR count). The maximum Gasteiger partial charge on any atom is 0.227 e. The lowest BCUT2D eigenvalue weighted by molar-refractivity contribution is -0.132. The predicted octanol–water partition coefficient (Wildman–Crippen LogP) is 2.12. The van der Waals surface area contributed by atoms with E-state index >= 15 is 0 Å². The Balaban J connectivity index is 1.46. The number of piperidine rings is 1. The normalized spacial score (nSPS) is 21.6. The van der Waals surface area contributed by atoms with Crippen LogP contribution in [-0.4, -0.2) is 73.0 Å². The number of carbonyl (C=O) groups excluding carboxylic acids is 1. The van der Waals surface area contributed by atoms with Gasteiger partial charge in [-0.05, 0) is 50.7 Å². The van der Waals surface area contributed by atoms with Crippen LogP contribution in [-0.2, 0) is 11.2 Å². The van der Waals surface area contributed by atoms with Crippen LogP contribution in [0.5, 0.6) is 0 Å². The molecule has 1 aromatic rings. The Morgan fingerprint density at radius 3 is 2.26 bits per heavy atom. The van der Waals surface area contributed by atoms with Gasteiger partial charge in [0.1, 0.15) is 0 Å². The lowest BCUT2D eigenvalue weighted by Crippen LogP contribution is -2.54. The largest absolute Gasteiger partial charge is 0.340 e. The van der Waals surface area contributed by atoms with Crippen LogP contribution in [0.2, 0.25) is 5.02 Å². The Hall–Kier alpha value is -1.10. The number of halogens is 1. The minimum atomic E-state index is 0.232. The number of hydrogen-bond acceptors (Lipinski definition) is 3. The van der Waals surface area contributed by atoms with Crippen molar-refractivity contribution in [2.75, 3.05) is 46.3 Å². The third kappa shape index (κ3) is 4.46. The third-order valence-electron chi connectivity index (χ3n) is 5.14. The predicted molar refractivity (Wildman–Crippen MR) is 93.8 cm³/mol. The van der Waals surface area contributed by atoms with Crippen molar-refractivity contribution in [1.29, 1.82) is 0 Å². The SMILES string of the molecule is CN1CCC(N2CCN(C(=O)Cc3ccc(Cl)cc3)CC2)CC1. The van der Waals surface area contributed by atoms with Crippen molar-refractivity contribution in [3.63, 3.8) is 0 Å². The zero-order chi connectivity index (χ0) is 16.2. The smallest absolute Gasteiger partial charge is 0.227 e. The molecule has 0 saturated carbocycles. The van der Waals surface area contributed by atoms with E-state index in [-0.39, 0.29) is 5.91 Å². The van der Waals surface area contributed by atoms with E-state index in [0.717, 1.165) is 31.7 Å². The molecule has 1 amide bonds. The lowest BCUT2D eigenvalue weighted by atomic mass is 10.0. The second-order valence-corrected chi connectivity index (χ2v) is 7.19. The fraction of sp³-hybridized carbons (Fsp3) is 0.611. The van der Waals surface area contributed by atoms with Gasteiger partial charge in [0, 0.05) is 37.2 Å². The molecule has 2 aliphatic rings. The average Bonchev–Trinajstić information content (AvgIpc) is 2.58. The van der Waals surface area contributed by atoms with Gasteiger partial charge in [0.2, 0.25) is 5.91 Å². The summed E-state index contributed by atoms with van der Waals surface area (Å²) in [5.74, 6) is 0.232. The summed E-state index contributed by atoms with van der Waals surface area (Å²) in [4.78, 5) is 19.4. The summed E-state index contributed by atoms with van der Waals surface area (Å²) in [7, 11) is 2.20. The molecule has 0 N–H and O–H groups in total. The van der Waals surface area contributed by atoms with Crippen molar-refractivity contribution >= 4 is 17.5 Å². The van der Waals surface area contributed by atoms with Gasteiger partial charge < -0.3 is 9.80 Å². The van der Waals surface area contributed by atoms with E-state index in [0.29, 0.717) is 17.5 Å². The molecule has 4 nitrogen and oxygen atoms in total. The Labute approximate surface area is 144 Å². The minimum absolute atomic E-state index is 0.232. The van der Waals surface area contributed by atoms with Gasteiger partial charge in [-0.3, -0.25) is 9.69 Å². The molecule has 2 aliphatic heterocycles. The van der Waals surface area contributed by atoms with Crippen molar-refractivity contribution in [3.8, 4) is 0 Å². The first-order valence-electron chi connectivity index (χ1n) is 8.56. The summed E-state index contributed by atoms with van der Waals surface area (Å²) in [6.45, 7) is 6.14. The van der Waals surface area contributed by atoms with Crippen LogP contribution >= 0.6 is 11.6 Å². The van der Waals surface area contributed by atoms with Crippen LogP contribution < -0.4 is 0 Å². The molecule has 0 atom stereocenters. The highest BCUT2D eigenvalue weighted by Crippen LogP contribution is 2.18. The summed E-state index contributed by atoms with van der Waals surface area (Å²) in [5.41, 5.74) is 1.04. The molecule has 2 saturated heterocycles. The second kappa shape index (κ2) is 7.65. The van der Waals surface area contributed by atoms with E-state index in [2.05, 4.69) is 16.8 Å². The van der Waals surface area contributed by atoms with Crippen LogP contribution in [0, 0.1) is 0 Å². The quantitative estimate of drug-likeness (QED) is 0.846. The number of nitrogens with zero attached hydrogens (tertiary/aromatic N) is 3. The van der Waals surface area contributed by atoms with Crippen molar-refractivity contribution in [2.45, 2.75) is 25.3 Å². The van der Waals surface area contributed by atoms with Crippen LogP contribution in [0.1, 0.15) is 18.4 Å². The maximum absolute atomic E-state index is 12.4. The monoisotopic (exact) mass is 335 g/mol. The Morgan fingerprint density at radius 1 is 1.04 bits per heavy atom. The standard InChI is InChI=1S/C18H26ClN3O/c1-20-8-6-17(7-9-20)21-10-12-22(13-11-21)18(23)14-15-2-4-16(19)5-3-15/h2-5,17H,6-14H2,1H3. The van der Waals surface area contributed by atoms with Crippen molar-refractivity contribution < 1.29 is 4.79 Å². The molecule has 5 heteroatoms. The summed E-state index contributed by atoms with van der Waals surface area (Å²) in [6.07, 6.45) is 3.00. The van der Waals surface area contributed by atoms with E-state index in [1.807, 2.05) is 29.2 Å². The maximum atomic E-state index is 12.4. The third-order valence-corrected chi connectivity index (χ3v) is 5.39. The average molecular weight is 336 g/mol. The molecule has 0 aliphatic carbocycles. The molecule has 0 radical (unpaired) electrons. The van der Waals surface area contributed by atoms with Crippen LogP contribution in [0.15, 0.2) is 24.3 Å². The molecule has 0 aromatic heterocycles. The zero-order valence-electron chi connectivity index (χ0n) is 13.9. The van der Waals surface area contributed by atoms with Crippen molar-refractivity contribution in [3.05, 3.63) is 34.9 Å². The van der Waals surface area contributed by atoms with Gasteiger partial charge in [0.25, 0.3) is 0 Å². The molecule has 2 heterocycles. The first-order valence-corrected chi connectivity index (χ1v) is 8.94. The summed E-state index contributed by atoms with van der Waals surface area (Å²) in [6, 6.07) is 8.29. The first-order chi connectivity index (χ1) is 11.1. The topological polar surface area (TPSA) is 26.8 Å². The highest BCUT2D eigenvalue weighted by atomic mass is 35.5. The fourth-order valence-corrected chi connectivity index (χ4v) is 3.71. The molecule has 0 bridgehead atoms.